The van der Waals surface area contributed by atoms with Gasteiger partial charge in [0.15, 0.2) is 6.54 Å². The SMILES string of the molecule is CCOCCC[NH2+]CC(=O)Nc1ccc(S(=O)(=O)N[C@@H](C)CC)cc1. The summed E-state index contributed by atoms with van der Waals surface area (Å²) in [6, 6.07) is 6.05. The Labute approximate surface area is 150 Å². The van der Waals surface area contributed by atoms with Gasteiger partial charge in [0.05, 0.1) is 18.0 Å². The molecule has 0 heterocycles. The van der Waals surface area contributed by atoms with Crippen LogP contribution < -0.4 is 15.4 Å². The molecule has 0 spiro atoms. The second kappa shape index (κ2) is 11.2. The van der Waals surface area contributed by atoms with E-state index < -0.39 is 10.0 Å². The van der Waals surface area contributed by atoms with Crippen LogP contribution in [0.25, 0.3) is 0 Å². The van der Waals surface area contributed by atoms with E-state index in [1.807, 2.05) is 26.1 Å². The molecule has 1 rings (SSSR count). The Kier molecular flexibility index (Phi) is 9.66. The molecule has 0 radical (unpaired) electrons. The van der Waals surface area contributed by atoms with E-state index in [0.29, 0.717) is 31.9 Å². The molecule has 4 N–H and O–H groups in total. The van der Waals surface area contributed by atoms with Crippen molar-refractivity contribution >= 4 is 21.6 Å². The van der Waals surface area contributed by atoms with Crippen LogP contribution in [0, 0.1) is 0 Å². The molecule has 8 heteroatoms. The van der Waals surface area contributed by atoms with Gasteiger partial charge in [-0.25, -0.2) is 13.1 Å². The minimum atomic E-state index is -3.52. The van der Waals surface area contributed by atoms with Crippen molar-refractivity contribution in [3.05, 3.63) is 24.3 Å². The molecule has 0 saturated heterocycles. The average Bonchev–Trinajstić information content (AvgIpc) is 2.58. The van der Waals surface area contributed by atoms with Gasteiger partial charge in [-0.15, -0.1) is 0 Å². The number of sulfonamides is 1. The lowest BCUT2D eigenvalue weighted by Crippen LogP contribution is -2.86. The number of amides is 1. The predicted octanol–water partition coefficient (Wildman–Crippen LogP) is 0.692. The van der Waals surface area contributed by atoms with Gasteiger partial charge in [0.2, 0.25) is 10.0 Å². The van der Waals surface area contributed by atoms with Crippen LogP contribution in [0.15, 0.2) is 29.2 Å². The van der Waals surface area contributed by atoms with E-state index in [4.69, 9.17) is 4.74 Å². The molecule has 0 aliphatic heterocycles. The molecular formula is C17H30N3O4S+. The third-order valence-electron chi connectivity index (χ3n) is 3.65. The molecule has 1 amide bonds. The Bertz CT molecular complexity index is 617. The average molecular weight is 373 g/mol. The van der Waals surface area contributed by atoms with E-state index in [9.17, 15) is 13.2 Å². The summed E-state index contributed by atoms with van der Waals surface area (Å²) in [7, 11) is -3.52. The van der Waals surface area contributed by atoms with Crippen LogP contribution in [0.1, 0.15) is 33.6 Å². The normalized spacial score (nSPS) is 12.8. The van der Waals surface area contributed by atoms with E-state index in [-0.39, 0.29) is 16.8 Å². The molecular weight excluding hydrogens is 342 g/mol. The van der Waals surface area contributed by atoms with Crippen LogP contribution in [-0.4, -0.2) is 46.7 Å². The lowest BCUT2D eigenvalue weighted by Gasteiger charge is -2.12. The smallest absolute Gasteiger partial charge is 0.279 e. The maximum Gasteiger partial charge on any atom is 0.279 e. The summed E-state index contributed by atoms with van der Waals surface area (Å²) in [4.78, 5) is 12.1. The van der Waals surface area contributed by atoms with Gasteiger partial charge >= 0.3 is 0 Å². The monoisotopic (exact) mass is 372 g/mol. The van der Waals surface area contributed by atoms with Gasteiger partial charge in [-0.3, -0.25) is 4.79 Å². The molecule has 0 fully saturated rings. The molecule has 0 bridgehead atoms. The van der Waals surface area contributed by atoms with Crippen LogP contribution in [0.4, 0.5) is 5.69 Å². The van der Waals surface area contributed by atoms with Crippen molar-refractivity contribution in [1.82, 2.24) is 4.72 Å². The molecule has 0 aromatic heterocycles. The highest BCUT2D eigenvalue weighted by Crippen LogP contribution is 2.14. The number of rotatable bonds is 12. The number of anilines is 1. The zero-order valence-corrected chi connectivity index (χ0v) is 16.1. The third kappa shape index (κ3) is 8.44. The topological polar surface area (TPSA) is 101 Å². The molecule has 0 unspecified atom stereocenters. The van der Waals surface area contributed by atoms with Crippen molar-refractivity contribution in [2.24, 2.45) is 0 Å². The summed E-state index contributed by atoms with van der Waals surface area (Å²) in [6.07, 6.45) is 1.62. The summed E-state index contributed by atoms with van der Waals surface area (Å²) in [5, 5.41) is 4.68. The quantitative estimate of drug-likeness (QED) is 0.470. The number of carbonyl (C=O) groups is 1. The first-order valence-electron chi connectivity index (χ1n) is 8.70. The maximum absolute atomic E-state index is 12.2. The van der Waals surface area contributed by atoms with Crippen LogP contribution in [-0.2, 0) is 19.6 Å². The Hall–Kier alpha value is -1.48. The number of benzene rings is 1. The van der Waals surface area contributed by atoms with Gasteiger partial charge in [0, 0.05) is 24.8 Å². The van der Waals surface area contributed by atoms with Gasteiger partial charge in [-0.1, -0.05) is 6.92 Å². The number of nitrogens with two attached hydrogens (primary N) is 1. The minimum absolute atomic E-state index is 0.121. The third-order valence-corrected chi connectivity index (χ3v) is 5.25. The molecule has 0 aliphatic carbocycles. The molecule has 1 aromatic carbocycles. The molecule has 25 heavy (non-hydrogen) atoms. The van der Waals surface area contributed by atoms with Crippen LogP contribution >= 0.6 is 0 Å². The molecule has 0 aliphatic rings. The second-order valence-electron chi connectivity index (χ2n) is 5.84. The highest BCUT2D eigenvalue weighted by atomic mass is 32.2. The van der Waals surface area contributed by atoms with Crippen LogP contribution in [0.5, 0.6) is 0 Å². The van der Waals surface area contributed by atoms with Crippen LogP contribution in [0.2, 0.25) is 0 Å². The van der Waals surface area contributed by atoms with Gasteiger partial charge in [-0.2, -0.15) is 0 Å². The number of quaternary nitrogens is 1. The second-order valence-corrected chi connectivity index (χ2v) is 7.55. The molecule has 0 saturated carbocycles. The summed E-state index contributed by atoms with van der Waals surface area (Å²) < 4.78 is 32.2. The highest BCUT2D eigenvalue weighted by molar-refractivity contribution is 7.89. The highest BCUT2D eigenvalue weighted by Gasteiger charge is 2.16. The Morgan fingerprint density at radius 2 is 1.92 bits per heavy atom. The Morgan fingerprint density at radius 1 is 1.24 bits per heavy atom. The molecule has 142 valence electrons. The lowest BCUT2D eigenvalue weighted by molar-refractivity contribution is -0.644. The summed E-state index contributed by atoms with van der Waals surface area (Å²) >= 11 is 0. The zero-order valence-electron chi connectivity index (χ0n) is 15.2. The molecule has 7 nitrogen and oxygen atoms in total. The van der Waals surface area contributed by atoms with Gasteiger partial charge in [0.1, 0.15) is 0 Å². The number of hydrogen-bond donors (Lipinski definition) is 3. The maximum atomic E-state index is 12.2. The summed E-state index contributed by atoms with van der Waals surface area (Å²) in [6.45, 7) is 8.24. The fourth-order valence-corrected chi connectivity index (χ4v) is 3.38. The Balaban J connectivity index is 2.44. The van der Waals surface area contributed by atoms with Crippen molar-refractivity contribution in [2.75, 3.05) is 31.6 Å². The van der Waals surface area contributed by atoms with Crippen molar-refractivity contribution < 1.29 is 23.3 Å². The number of nitrogens with one attached hydrogen (secondary N) is 2. The standard InChI is InChI=1S/C17H29N3O4S/c1-4-14(3)20-25(22,23)16-9-7-15(8-10-16)19-17(21)13-18-11-6-12-24-5-2/h7-10,14,18,20H,4-6,11-13H2,1-3H3,(H,19,21)/p+1/t14-/m0/s1. The number of ether oxygens (including phenoxy) is 1. The first-order chi connectivity index (χ1) is 11.9. The predicted molar refractivity (Wildman–Crippen MR) is 97.9 cm³/mol. The fraction of sp³-hybridized carbons (Fsp3) is 0.588. The van der Waals surface area contributed by atoms with Crippen molar-refractivity contribution in [1.29, 1.82) is 0 Å². The summed E-state index contributed by atoms with van der Waals surface area (Å²) in [5.41, 5.74) is 0.579. The molecule has 1 atom stereocenters. The van der Waals surface area contributed by atoms with Gasteiger partial charge in [-0.05, 0) is 44.5 Å². The molecule has 1 aromatic rings. The largest absolute Gasteiger partial charge is 0.382 e. The van der Waals surface area contributed by atoms with E-state index in [2.05, 4.69) is 10.0 Å². The van der Waals surface area contributed by atoms with E-state index >= 15 is 0 Å². The number of hydrogen-bond acceptors (Lipinski definition) is 4. The first-order valence-corrected chi connectivity index (χ1v) is 10.2. The first kappa shape index (κ1) is 21.6. The van der Waals surface area contributed by atoms with Crippen LogP contribution in [0.3, 0.4) is 0 Å². The lowest BCUT2D eigenvalue weighted by atomic mass is 10.3. The minimum Gasteiger partial charge on any atom is -0.382 e. The van der Waals surface area contributed by atoms with Gasteiger partial charge < -0.3 is 15.4 Å². The fourth-order valence-electron chi connectivity index (χ4n) is 2.05. The Morgan fingerprint density at radius 3 is 2.52 bits per heavy atom. The van der Waals surface area contributed by atoms with E-state index in [1.165, 1.54) is 12.1 Å². The van der Waals surface area contributed by atoms with E-state index in [1.54, 1.807) is 12.1 Å². The van der Waals surface area contributed by atoms with Crippen molar-refractivity contribution in [3.63, 3.8) is 0 Å². The van der Waals surface area contributed by atoms with Crippen molar-refractivity contribution in [2.45, 2.75) is 44.6 Å². The summed E-state index contributed by atoms with van der Waals surface area (Å²) in [5.74, 6) is -0.121. The van der Waals surface area contributed by atoms with Gasteiger partial charge in [0.25, 0.3) is 5.91 Å². The number of carbonyl (C=O) groups excluding carboxylic acids is 1. The van der Waals surface area contributed by atoms with E-state index in [0.717, 1.165) is 13.0 Å². The zero-order chi connectivity index (χ0) is 18.7. The van der Waals surface area contributed by atoms with Crippen molar-refractivity contribution in [3.8, 4) is 0 Å².